The van der Waals surface area contributed by atoms with Gasteiger partial charge in [-0.25, -0.2) is 4.98 Å². The van der Waals surface area contributed by atoms with Crippen LogP contribution in [0.2, 0.25) is 0 Å². The molecule has 0 spiro atoms. The van der Waals surface area contributed by atoms with Crippen LogP contribution in [0.3, 0.4) is 0 Å². The molecule has 0 fully saturated rings. The van der Waals surface area contributed by atoms with Gasteiger partial charge < -0.3 is 9.30 Å². The maximum Gasteiger partial charge on any atom is 0.308 e. The summed E-state index contributed by atoms with van der Waals surface area (Å²) in [5.74, 6) is -0.990. The number of hydrogen-bond donors (Lipinski definition) is 1. The Morgan fingerprint density at radius 3 is 2.64 bits per heavy atom. The van der Waals surface area contributed by atoms with Crippen LogP contribution in [0.15, 0.2) is 45.9 Å². The van der Waals surface area contributed by atoms with Crippen LogP contribution in [0.25, 0.3) is 11.3 Å². The molecule has 1 unspecified atom stereocenters. The number of thiazole rings is 2. The van der Waals surface area contributed by atoms with Crippen LogP contribution in [-0.2, 0) is 20.9 Å². The van der Waals surface area contributed by atoms with Crippen LogP contribution < -0.4 is 10.2 Å². The van der Waals surface area contributed by atoms with Crippen molar-refractivity contribution in [2.24, 2.45) is 0 Å². The minimum atomic E-state index is -0.961. The summed E-state index contributed by atoms with van der Waals surface area (Å²) in [7, 11) is 0. The van der Waals surface area contributed by atoms with Crippen LogP contribution in [0.5, 0.6) is 0 Å². The van der Waals surface area contributed by atoms with E-state index < -0.39 is 18.0 Å². The van der Waals surface area contributed by atoms with Crippen LogP contribution in [0, 0.1) is 6.92 Å². The molecule has 0 radical (unpaired) electrons. The number of anilines is 1. The summed E-state index contributed by atoms with van der Waals surface area (Å²) in [6, 6.07) is 9.63. The lowest BCUT2D eigenvalue weighted by atomic mass is 10.2. The number of amides is 1. The average Bonchev–Trinajstić information content (AvgIpc) is 3.27. The topological polar surface area (TPSA) is 90.3 Å². The lowest BCUT2D eigenvalue weighted by molar-refractivity contribution is -0.153. The third kappa shape index (κ3) is 4.93. The first-order valence-electron chi connectivity index (χ1n) is 8.60. The van der Waals surface area contributed by atoms with Crippen LogP contribution in [-0.4, -0.2) is 27.5 Å². The van der Waals surface area contributed by atoms with E-state index in [1.165, 1.54) is 22.8 Å². The highest BCUT2D eigenvalue weighted by molar-refractivity contribution is 7.14. The molecule has 0 aliphatic heterocycles. The first kappa shape index (κ1) is 20.0. The SMILES string of the molecule is Cc1csc(=O)n1CCC(=O)OC(C)C(=O)Nc1nc(-c2ccccc2)cs1. The Labute approximate surface area is 169 Å². The molecule has 3 aromatic rings. The Morgan fingerprint density at radius 2 is 1.96 bits per heavy atom. The van der Waals surface area contributed by atoms with Gasteiger partial charge in [-0.2, -0.15) is 0 Å². The molecule has 7 nitrogen and oxygen atoms in total. The molecule has 3 rings (SSSR count). The molecule has 28 heavy (non-hydrogen) atoms. The van der Waals surface area contributed by atoms with E-state index >= 15 is 0 Å². The zero-order valence-corrected chi connectivity index (χ0v) is 17.0. The van der Waals surface area contributed by atoms with Crippen molar-refractivity contribution in [3.8, 4) is 11.3 Å². The van der Waals surface area contributed by atoms with E-state index in [0.717, 1.165) is 28.3 Å². The molecular weight excluding hydrogens is 398 g/mol. The highest BCUT2D eigenvalue weighted by Crippen LogP contribution is 2.24. The fourth-order valence-corrected chi connectivity index (χ4v) is 3.95. The number of hydrogen-bond acceptors (Lipinski definition) is 7. The molecule has 0 aliphatic carbocycles. The van der Waals surface area contributed by atoms with Crippen LogP contribution in [0.4, 0.5) is 5.13 Å². The van der Waals surface area contributed by atoms with Gasteiger partial charge in [-0.1, -0.05) is 41.7 Å². The largest absolute Gasteiger partial charge is 0.452 e. The summed E-state index contributed by atoms with van der Waals surface area (Å²) in [6.45, 7) is 3.53. The van der Waals surface area contributed by atoms with Gasteiger partial charge in [0.15, 0.2) is 11.2 Å². The lowest BCUT2D eigenvalue weighted by Gasteiger charge is -2.12. The molecule has 1 atom stereocenters. The van der Waals surface area contributed by atoms with Crippen molar-refractivity contribution in [1.29, 1.82) is 0 Å². The summed E-state index contributed by atoms with van der Waals surface area (Å²) >= 11 is 2.39. The molecule has 0 aliphatic rings. The predicted molar refractivity (Wildman–Crippen MR) is 110 cm³/mol. The molecule has 0 saturated heterocycles. The van der Waals surface area contributed by atoms with Gasteiger partial charge >= 0.3 is 10.8 Å². The molecule has 1 aromatic carbocycles. The van der Waals surface area contributed by atoms with E-state index in [1.807, 2.05) is 35.7 Å². The molecular formula is C19H19N3O4S2. The number of carbonyl (C=O) groups excluding carboxylic acids is 2. The number of esters is 1. The van der Waals surface area contributed by atoms with Gasteiger partial charge in [0.25, 0.3) is 5.91 Å². The van der Waals surface area contributed by atoms with Crippen molar-refractivity contribution in [1.82, 2.24) is 9.55 Å². The van der Waals surface area contributed by atoms with Crippen molar-refractivity contribution in [3.05, 3.63) is 56.5 Å². The average molecular weight is 418 g/mol. The number of benzene rings is 1. The second-order valence-corrected chi connectivity index (χ2v) is 7.75. The van der Waals surface area contributed by atoms with E-state index in [1.54, 1.807) is 12.3 Å². The van der Waals surface area contributed by atoms with Crippen molar-refractivity contribution in [3.63, 3.8) is 0 Å². The quantitative estimate of drug-likeness (QED) is 0.596. The number of rotatable bonds is 7. The van der Waals surface area contributed by atoms with Gasteiger partial charge in [0.2, 0.25) is 0 Å². The van der Waals surface area contributed by atoms with Gasteiger partial charge in [-0.15, -0.1) is 11.3 Å². The number of aromatic nitrogens is 2. The fraction of sp³-hybridized carbons (Fsp3) is 0.263. The zero-order valence-electron chi connectivity index (χ0n) is 15.4. The van der Waals surface area contributed by atoms with Crippen molar-refractivity contribution in [2.75, 3.05) is 5.32 Å². The number of carbonyl (C=O) groups is 2. The molecule has 146 valence electrons. The predicted octanol–water partition coefficient (Wildman–Crippen LogP) is 3.30. The van der Waals surface area contributed by atoms with Gasteiger partial charge in [-0.05, 0) is 13.8 Å². The van der Waals surface area contributed by atoms with Crippen LogP contribution >= 0.6 is 22.7 Å². The fourth-order valence-electron chi connectivity index (χ4n) is 2.47. The molecule has 1 amide bonds. The Bertz CT molecular complexity index is 1020. The van der Waals surface area contributed by atoms with Crippen molar-refractivity contribution in [2.45, 2.75) is 32.9 Å². The van der Waals surface area contributed by atoms with Gasteiger partial charge in [0, 0.05) is 28.6 Å². The highest BCUT2D eigenvalue weighted by atomic mass is 32.1. The van der Waals surface area contributed by atoms with Gasteiger partial charge in [0.1, 0.15) is 0 Å². The summed E-state index contributed by atoms with van der Waals surface area (Å²) < 4.78 is 6.68. The Hall–Kier alpha value is -2.78. The third-order valence-corrected chi connectivity index (χ3v) is 5.64. The van der Waals surface area contributed by atoms with E-state index in [0.29, 0.717) is 5.13 Å². The Kier molecular flexibility index (Phi) is 6.37. The summed E-state index contributed by atoms with van der Waals surface area (Å²) in [5.41, 5.74) is 2.52. The molecule has 0 bridgehead atoms. The van der Waals surface area contributed by atoms with Gasteiger partial charge in [-0.3, -0.25) is 19.7 Å². The smallest absolute Gasteiger partial charge is 0.308 e. The number of nitrogens with zero attached hydrogens (tertiary/aromatic N) is 2. The standard InChI is InChI=1S/C19H19N3O4S2/c1-12-10-28-19(25)22(12)9-8-16(23)26-13(2)17(24)21-18-20-15(11-27-18)14-6-4-3-5-7-14/h3-7,10-11,13H,8-9H2,1-2H3,(H,20,21,24). The van der Waals surface area contributed by atoms with Crippen molar-refractivity contribution < 1.29 is 14.3 Å². The summed E-state index contributed by atoms with van der Waals surface area (Å²) in [6.07, 6.45) is -0.943. The second kappa shape index (κ2) is 8.94. The molecule has 0 saturated carbocycles. The molecule has 2 heterocycles. The molecule has 1 N–H and O–H groups in total. The number of aryl methyl sites for hydroxylation is 1. The van der Waals surface area contributed by atoms with E-state index in [9.17, 15) is 14.4 Å². The maximum absolute atomic E-state index is 12.3. The Morgan fingerprint density at radius 1 is 1.21 bits per heavy atom. The lowest BCUT2D eigenvalue weighted by Crippen LogP contribution is -2.30. The first-order chi connectivity index (χ1) is 13.4. The van der Waals surface area contributed by atoms with Gasteiger partial charge in [0.05, 0.1) is 12.1 Å². The maximum atomic E-state index is 12.3. The normalized spacial score (nSPS) is 11.8. The summed E-state index contributed by atoms with van der Waals surface area (Å²) in [4.78, 5) is 40.2. The minimum absolute atomic E-state index is 0.0184. The van der Waals surface area contributed by atoms with E-state index in [2.05, 4.69) is 10.3 Å². The van der Waals surface area contributed by atoms with Crippen molar-refractivity contribution >= 4 is 39.7 Å². The van der Waals surface area contributed by atoms with E-state index in [-0.39, 0.29) is 17.8 Å². The monoisotopic (exact) mass is 417 g/mol. The number of nitrogens with one attached hydrogen (secondary N) is 1. The molecule has 9 heteroatoms. The highest BCUT2D eigenvalue weighted by Gasteiger charge is 2.19. The second-order valence-electron chi connectivity index (χ2n) is 6.07. The minimum Gasteiger partial charge on any atom is -0.452 e. The third-order valence-electron chi connectivity index (χ3n) is 4.00. The Balaban J connectivity index is 1.51. The van der Waals surface area contributed by atoms with Crippen LogP contribution in [0.1, 0.15) is 19.0 Å². The van der Waals surface area contributed by atoms with E-state index in [4.69, 9.17) is 4.74 Å². The molecule has 2 aromatic heterocycles. The number of ether oxygens (including phenoxy) is 1. The summed E-state index contributed by atoms with van der Waals surface area (Å²) in [5, 5.41) is 6.69. The zero-order chi connectivity index (χ0) is 20.1. The first-order valence-corrected chi connectivity index (χ1v) is 10.4.